The van der Waals surface area contributed by atoms with Gasteiger partial charge in [-0.2, -0.15) is 8.78 Å². The van der Waals surface area contributed by atoms with Gasteiger partial charge in [0.1, 0.15) is 5.69 Å². The van der Waals surface area contributed by atoms with Crippen molar-refractivity contribution in [2.75, 3.05) is 6.61 Å². The molecule has 3 nitrogen and oxygen atoms in total. The van der Waals surface area contributed by atoms with Crippen LogP contribution in [0.15, 0.2) is 18.3 Å². The highest BCUT2D eigenvalue weighted by atomic mass is 35.5. The molecule has 0 saturated heterocycles. The zero-order valence-electron chi connectivity index (χ0n) is 7.84. The molecule has 0 unspecified atom stereocenters. The summed E-state index contributed by atoms with van der Waals surface area (Å²) in [6, 6.07) is 2.27. The average molecular weight is 236 g/mol. The fourth-order valence-corrected chi connectivity index (χ4v) is 1.06. The van der Waals surface area contributed by atoms with Crippen molar-refractivity contribution in [2.45, 2.75) is 12.8 Å². The van der Waals surface area contributed by atoms with Crippen LogP contribution in [-0.4, -0.2) is 17.6 Å². The van der Waals surface area contributed by atoms with Crippen molar-refractivity contribution >= 4 is 17.6 Å². The molecule has 0 N–H and O–H groups in total. The van der Waals surface area contributed by atoms with E-state index in [1.165, 1.54) is 13.0 Å². The molecule has 0 atom stereocenters. The Balaban J connectivity index is 2.99. The lowest BCUT2D eigenvalue weighted by Gasteiger charge is -2.13. The van der Waals surface area contributed by atoms with Crippen molar-refractivity contribution in [3.8, 4) is 0 Å². The Morgan fingerprint density at radius 1 is 1.67 bits per heavy atom. The normalized spacial score (nSPS) is 11.2. The zero-order chi connectivity index (χ0) is 11.5. The Kier molecular flexibility index (Phi) is 3.57. The number of nitrogens with zero attached hydrogens (tertiary/aromatic N) is 1. The van der Waals surface area contributed by atoms with E-state index < -0.39 is 17.6 Å². The molecule has 0 fully saturated rings. The van der Waals surface area contributed by atoms with Crippen LogP contribution in [0.2, 0.25) is 5.02 Å². The molecule has 1 aromatic heterocycles. The van der Waals surface area contributed by atoms with Crippen LogP contribution in [0.3, 0.4) is 0 Å². The summed E-state index contributed by atoms with van der Waals surface area (Å²) in [5, 5.41) is 0.0870. The summed E-state index contributed by atoms with van der Waals surface area (Å²) in [6.07, 6.45) is 1.10. The maximum atomic E-state index is 13.3. The summed E-state index contributed by atoms with van der Waals surface area (Å²) < 4.78 is 30.9. The van der Waals surface area contributed by atoms with Gasteiger partial charge in [0.2, 0.25) is 0 Å². The quantitative estimate of drug-likeness (QED) is 0.755. The Bertz CT molecular complexity index is 371. The third-order valence-corrected chi connectivity index (χ3v) is 1.81. The molecular weight excluding hydrogens is 228 g/mol. The molecule has 0 aliphatic carbocycles. The molecule has 1 rings (SSSR count). The standard InChI is InChI=1S/C9H8ClF2NO2/c1-2-15-8(14)9(11,12)7-5-6(10)3-4-13-7/h3-5H,2H2,1H3. The van der Waals surface area contributed by atoms with Gasteiger partial charge in [0.15, 0.2) is 0 Å². The largest absolute Gasteiger partial charge is 0.461 e. The molecule has 15 heavy (non-hydrogen) atoms. The van der Waals surface area contributed by atoms with Crippen LogP contribution in [0.5, 0.6) is 0 Å². The fourth-order valence-electron chi connectivity index (χ4n) is 0.903. The molecule has 0 spiro atoms. The van der Waals surface area contributed by atoms with Gasteiger partial charge in [-0.05, 0) is 19.1 Å². The number of carbonyl (C=O) groups excluding carboxylic acids is 1. The van der Waals surface area contributed by atoms with E-state index in [4.69, 9.17) is 11.6 Å². The lowest BCUT2D eigenvalue weighted by Crippen LogP contribution is -2.29. The van der Waals surface area contributed by atoms with Gasteiger partial charge in [0.25, 0.3) is 0 Å². The van der Waals surface area contributed by atoms with Gasteiger partial charge < -0.3 is 4.74 Å². The molecule has 0 aliphatic rings. The lowest BCUT2D eigenvalue weighted by atomic mass is 10.2. The van der Waals surface area contributed by atoms with Gasteiger partial charge in [-0.1, -0.05) is 11.6 Å². The second-order valence-electron chi connectivity index (χ2n) is 2.65. The van der Waals surface area contributed by atoms with Crippen molar-refractivity contribution in [1.82, 2.24) is 4.98 Å². The highest BCUT2D eigenvalue weighted by Gasteiger charge is 2.44. The molecule has 1 aromatic rings. The highest BCUT2D eigenvalue weighted by molar-refractivity contribution is 6.30. The third-order valence-electron chi connectivity index (χ3n) is 1.58. The fraction of sp³-hybridized carbons (Fsp3) is 0.333. The first kappa shape index (κ1) is 11.8. The Morgan fingerprint density at radius 2 is 2.33 bits per heavy atom. The van der Waals surface area contributed by atoms with Crippen LogP contribution in [0.1, 0.15) is 12.6 Å². The molecule has 82 valence electrons. The molecule has 0 bridgehead atoms. The summed E-state index contributed by atoms with van der Waals surface area (Å²) in [5.41, 5.74) is -0.714. The van der Waals surface area contributed by atoms with E-state index in [1.54, 1.807) is 0 Å². The topological polar surface area (TPSA) is 39.2 Å². The smallest absolute Gasteiger partial charge is 0.384 e. The number of alkyl halides is 2. The van der Waals surface area contributed by atoms with E-state index in [9.17, 15) is 13.6 Å². The van der Waals surface area contributed by atoms with Crippen LogP contribution in [0.25, 0.3) is 0 Å². The first-order valence-corrected chi connectivity index (χ1v) is 4.53. The van der Waals surface area contributed by atoms with Crippen molar-refractivity contribution in [2.24, 2.45) is 0 Å². The zero-order valence-corrected chi connectivity index (χ0v) is 8.59. The molecular formula is C9H8ClF2NO2. The first-order chi connectivity index (χ1) is 6.98. The average Bonchev–Trinajstić information content (AvgIpc) is 2.18. The second-order valence-corrected chi connectivity index (χ2v) is 3.09. The van der Waals surface area contributed by atoms with Crippen molar-refractivity contribution < 1.29 is 18.3 Å². The Hall–Kier alpha value is -1.23. The number of halogens is 3. The van der Waals surface area contributed by atoms with E-state index in [0.29, 0.717) is 0 Å². The third kappa shape index (κ3) is 2.62. The van der Waals surface area contributed by atoms with E-state index >= 15 is 0 Å². The number of aromatic nitrogens is 1. The Morgan fingerprint density at radius 3 is 2.87 bits per heavy atom. The van der Waals surface area contributed by atoms with Crippen molar-refractivity contribution in [3.63, 3.8) is 0 Å². The van der Waals surface area contributed by atoms with Gasteiger partial charge in [0.05, 0.1) is 6.61 Å². The van der Waals surface area contributed by atoms with E-state index in [0.717, 1.165) is 12.3 Å². The van der Waals surface area contributed by atoms with E-state index in [-0.39, 0.29) is 11.6 Å². The molecule has 6 heteroatoms. The molecule has 0 saturated carbocycles. The van der Waals surface area contributed by atoms with Crippen molar-refractivity contribution in [1.29, 1.82) is 0 Å². The lowest BCUT2D eigenvalue weighted by molar-refractivity contribution is -0.173. The van der Waals surface area contributed by atoms with Crippen LogP contribution in [-0.2, 0) is 15.5 Å². The number of ether oxygens (including phenoxy) is 1. The number of hydrogen-bond donors (Lipinski definition) is 0. The molecule has 0 radical (unpaired) electrons. The number of rotatable bonds is 3. The van der Waals surface area contributed by atoms with E-state index in [1.807, 2.05) is 0 Å². The number of esters is 1. The van der Waals surface area contributed by atoms with Crippen LogP contribution in [0.4, 0.5) is 8.78 Å². The minimum absolute atomic E-state index is 0.0870. The highest BCUT2D eigenvalue weighted by Crippen LogP contribution is 2.29. The van der Waals surface area contributed by atoms with Gasteiger partial charge in [-0.25, -0.2) is 4.79 Å². The maximum absolute atomic E-state index is 13.3. The van der Waals surface area contributed by atoms with Crippen LogP contribution in [0, 0.1) is 0 Å². The second kappa shape index (κ2) is 4.53. The number of pyridine rings is 1. The summed E-state index contributed by atoms with van der Waals surface area (Å²) in [6.45, 7) is 1.33. The summed E-state index contributed by atoms with van der Waals surface area (Å²) in [5.74, 6) is -5.39. The van der Waals surface area contributed by atoms with Gasteiger partial charge in [0, 0.05) is 11.2 Å². The SMILES string of the molecule is CCOC(=O)C(F)(F)c1cc(Cl)ccn1. The van der Waals surface area contributed by atoms with Crippen LogP contribution >= 0.6 is 11.6 Å². The van der Waals surface area contributed by atoms with Gasteiger partial charge >= 0.3 is 11.9 Å². The van der Waals surface area contributed by atoms with Gasteiger partial charge in [-0.15, -0.1) is 0 Å². The van der Waals surface area contributed by atoms with Crippen molar-refractivity contribution in [3.05, 3.63) is 29.0 Å². The molecule has 0 aromatic carbocycles. The maximum Gasteiger partial charge on any atom is 0.384 e. The Labute approximate surface area is 90.0 Å². The predicted octanol–water partition coefficient (Wildman–Crippen LogP) is 2.39. The summed E-state index contributed by atoms with van der Waals surface area (Å²) in [7, 11) is 0. The molecule has 0 aliphatic heterocycles. The molecule has 0 amide bonds. The predicted molar refractivity (Wildman–Crippen MR) is 49.8 cm³/mol. The number of hydrogen-bond acceptors (Lipinski definition) is 3. The molecule has 1 heterocycles. The minimum atomic E-state index is -3.76. The monoisotopic (exact) mass is 235 g/mol. The summed E-state index contributed by atoms with van der Waals surface area (Å²) >= 11 is 5.51. The first-order valence-electron chi connectivity index (χ1n) is 4.15. The number of carbonyl (C=O) groups is 1. The van der Waals surface area contributed by atoms with Gasteiger partial charge in [-0.3, -0.25) is 4.98 Å². The summed E-state index contributed by atoms with van der Waals surface area (Å²) in [4.78, 5) is 14.3. The van der Waals surface area contributed by atoms with Crippen LogP contribution < -0.4 is 0 Å². The minimum Gasteiger partial charge on any atom is -0.461 e. The van der Waals surface area contributed by atoms with E-state index in [2.05, 4.69) is 9.72 Å².